The number of benzene rings is 2. The number of nitrogens with one attached hydrogen (secondary N) is 2. The maximum atomic E-state index is 12.0. The van der Waals surface area contributed by atoms with Crippen LogP contribution in [0, 0.1) is 12.8 Å². The molecule has 1 aliphatic rings. The van der Waals surface area contributed by atoms with Crippen molar-refractivity contribution in [1.29, 1.82) is 0 Å². The summed E-state index contributed by atoms with van der Waals surface area (Å²) in [5, 5.41) is 6.23. The van der Waals surface area contributed by atoms with Crippen LogP contribution in [0.4, 0.5) is 17.3 Å². The van der Waals surface area contributed by atoms with Crippen molar-refractivity contribution in [3.8, 4) is 17.0 Å². The highest BCUT2D eigenvalue weighted by molar-refractivity contribution is 5.93. The van der Waals surface area contributed by atoms with E-state index in [1.165, 1.54) is 0 Å². The molecule has 0 bridgehead atoms. The van der Waals surface area contributed by atoms with Gasteiger partial charge in [-0.25, -0.2) is 9.97 Å². The molecule has 1 fully saturated rings. The number of hydrogen-bond acceptors (Lipinski definition) is 7. The molecule has 0 aliphatic carbocycles. The summed E-state index contributed by atoms with van der Waals surface area (Å²) < 4.78 is 11.3. The van der Waals surface area contributed by atoms with Gasteiger partial charge in [-0.2, -0.15) is 0 Å². The number of ether oxygens (including phenoxy) is 2. The Morgan fingerprint density at radius 1 is 1.11 bits per heavy atom. The number of rotatable bonds is 10. The number of morpholine rings is 1. The van der Waals surface area contributed by atoms with E-state index in [0.717, 1.165) is 73.2 Å². The molecule has 1 saturated heterocycles. The largest absolute Gasteiger partial charge is 0.494 e. The number of amides is 1. The van der Waals surface area contributed by atoms with E-state index in [-0.39, 0.29) is 11.8 Å². The van der Waals surface area contributed by atoms with Crippen LogP contribution in [-0.4, -0.2) is 60.2 Å². The first-order chi connectivity index (χ1) is 17.5. The van der Waals surface area contributed by atoms with E-state index in [4.69, 9.17) is 9.47 Å². The van der Waals surface area contributed by atoms with E-state index in [9.17, 15) is 4.79 Å². The molecule has 2 aromatic carbocycles. The molecule has 1 amide bonds. The molecule has 0 radical (unpaired) electrons. The summed E-state index contributed by atoms with van der Waals surface area (Å²) in [4.78, 5) is 23.5. The number of carbonyl (C=O) groups is 1. The number of aryl methyl sites for hydroxylation is 1. The van der Waals surface area contributed by atoms with Crippen molar-refractivity contribution in [3.05, 3.63) is 60.3 Å². The van der Waals surface area contributed by atoms with Crippen LogP contribution in [0.5, 0.6) is 5.75 Å². The monoisotopic (exact) mass is 489 g/mol. The summed E-state index contributed by atoms with van der Waals surface area (Å²) in [5.41, 5.74) is 4.44. The number of nitrogens with zero attached hydrogens (tertiary/aromatic N) is 3. The highest BCUT2D eigenvalue weighted by Crippen LogP contribution is 2.25. The first kappa shape index (κ1) is 25.6. The van der Waals surface area contributed by atoms with Crippen LogP contribution in [0.25, 0.3) is 11.3 Å². The van der Waals surface area contributed by atoms with E-state index >= 15 is 0 Å². The van der Waals surface area contributed by atoms with Crippen molar-refractivity contribution >= 4 is 23.2 Å². The minimum absolute atomic E-state index is 0.00350. The summed E-state index contributed by atoms with van der Waals surface area (Å²) in [6, 6.07) is 15.6. The van der Waals surface area contributed by atoms with Crippen molar-refractivity contribution in [1.82, 2.24) is 14.9 Å². The standard InChI is InChI=1S/C28H35N5O3/c1-20(2)27(34)31-25-10-5-22(19-21(25)3)26-11-12-29-28(32-26)30-23-6-8-24(9-7-23)36-16-4-13-33-14-17-35-18-15-33/h5-12,19-20H,4,13-18H2,1-3H3,(H,31,34)(H,29,30,32). The molecular weight excluding hydrogens is 454 g/mol. The second-order valence-electron chi connectivity index (χ2n) is 9.24. The van der Waals surface area contributed by atoms with Gasteiger partial charge in [0.15, 0.2) is 0 Å². The quantitative estimate of drug-likeness (QED) is 0.392. The SMILES string of the molecule is Cc1cc(-c2ccnc(Nc3ccc(OCCCN4CCOCC4)cc3)n2)ccc1NC(=O)C(C)C. The molecule has 8 heteroatoms. The summed E-state index contributed by atoms with van der Waals surface area (Å²) >= 11 is 0. The Bertz CT molecular complexity index is 1140. The van der Waals surface area contributed by atoms with E-state index in [2.05, 4.69) is 25.5 Å². The zero-order chi connectivity index (χ0) is 25.3. The first-order valence-corrected chi connectivity index (χ1v) is 12.5. The smallest absolute Gasteiger partial charge is 0.227 e. The first-order valence-electron chi connectivity index (χ1n) is 12.5. The summed E-state index contributed by atoms with van der Waals surface area (Å²) in [7, 11) is 0. The predicted molar refractivity (Wildman–Crippen MR) is 143 cm³/mol. The summed E-state index contributed by atoms with van der Waals surface area (Å²) in [6.07, 6.45) is 2.73. The lowest BCUT2D eigenvalue weighted by molar-refractivity contribution is -0.118. The number of hydrogen-bond donors (Lipinski definition) is 2. The predicted octanol–water partition coefficient (Wildman–Crippen LogP) is 4.89. The van der Waals surface area contributed by atoms with Crippen LogP contribution < -0.4 is 15.4 Å². The molecule has 4 rings (SSSR count). The number of aromatic nitrogens is 2. The van der Waals surface area contributed by atoms with Crippen LogP contribution in [0.3, 0.4) is 0 Å². The maximum Gasteiger partial charge on any atom is 0.227 e. The average molecular weight is 490 g/mol. The molecule has 2 heterocycles. The molecule has 190 valence electrons. The average Bonchev–Trinajstić information content (AvgIpc) is 2.89. The van der Waals surface area contributed by atoms with Gasteiger partial charge < -0.3 is 20.1 Å². The second-order valence-corrected chi connectivity index (χ2v) is 9.24. The van der Waals surface area contributed by atoms with E-state index < -0.39 is 0 Å². The lowest BCUT2D eigenvalue weighted by Crippen LogP contribution is -2.37. The maximum absolute atomic E-state index is 12.0. The Morgan fingerprint density at radius 2 is 1.89 bits per heavy atom. The highest BCUT2D eigenvalue weighted by atomic mass is 16.5. The lowest BCUT2D eigenvalue weighted by Gasteiger charge is -2.26. The Morgan fingerprint density at radius 3 is 2.61 bits per heavy atom. The van der Waals surface area contributed by atoms with E-state index in [1.807, 2.05) is 69.3 Å². The molecule has 3 aromatic rings. The second kappa shape index (κ2) is 12.5. The van der Waals surface area contributed by atoms with Gasteiger partial charge in [0.1, 0.15) is 5.75 Å². The summed E-state index contributed by atoms with van der Waals surface area (Å²) in [5.74, 6) is 1.29. The molecule has 0 unspecified atom stereocenters. The zero-order valence-corrected chi connectivity index (χ0v) is 21.3. The van der Waals surface area contributed by atoms with Crippen LogP contribution >= 0.6 is 0 Å². The zero-order valence-electron chi connectivity index (χ0n) is 21.3. The van der Waals surface area contributed by atoms with E-state index in [1.54, 1.807) is 6.20 Å². The van der Waals surface area contributed by atoms with Crippen LogP contribution in [0.15, 0.2) is 54.7 Å². The van der Waals surface area contributed by atoms with Gasteiger partial charge in [0.05, 0.1) is 25.5 Å². The van der Waals surface area contributed by atoms with Gasteiger partial charge in [-0.1, -0.05) is 19.9 Å². The van der Waals surface area contributed by atoms with Crippen molar-refractivity contribution in [2.24, 2.45) is 5.92 Å². The molecular formula is C28H35N5O3. The van der Waals surface area contributed by atoms with Crippen LogP contribution in [0.1, 0.15) is 25.8 Å². The van der Waals surface area contributed by atoms with Gasteiger partial charge in [0.2, 0.25) is 11.9 Å². The van der Waals surface area contributed by atoms with Crippen molar-refractivity contribution in [2.75, 3.05) is 50.1 Å². The summed E-state index contributed by atoms with van der Waals surface area (Å²) in [6.45, 7) is 11.1. The molecule has 0 saturated carbocycles. The fourth-order valence-electron chi connectivity index (χ4n) is 3.89. The Labute approximate surface area is 213 Å². The third-order valence-electron chi connectivity index (χ3n) is 6.06. The van der Waals surface area contributed by atoms with Gasteiger partial charge in [-0.15, -0.1) is 0 Å². The highest BCUT2D eigenvalue weighted by Gasteiger charge is 2.11. The molecule has 0 atom stereocenters. The van der Waals surface area contributed by atoms with Gasteiger partial charge in [-0.3, -0.25) is 9.69 Å². The van der Waals surface area contributed by atoms with Gasteiger partial charge in [0.25, 0.3) is 0 Å². The lowest BCUT2D eigenvalue weighted by atomic mass is 10.1. The van der Waals surface area contributed by atoms with Crippen molar-refractivity contribution < 1.29 is 14.3 Å². The Balaban J connectivity index is 1.31. The number of anilines is 3. The topological polar surface area (TPSA) is 88.6 Å². The molecule has 1 aliphatic heterocycles. The van der Waals surface area contributed by atoms with Crippen molar-refractivity contribution in [2.45, 2.75) is 27.2 Å². The molecule has 2 N–H and O–H groups in total. The molecule has 8 nitrogen and oxygen atoms in total. The molecule has 36 heavy (non-hydrogen) atoms. The molecule has 0 spiro atoms. The van der Waals surface area contributed by atoms with Gasteiger partial charge >= 0.3 is 0 Å². The fourth-order valence-corrected chi connectivity index (χ4v) is 3.89. The Hall–Kier alpha value is -3.49. The fraction of sp³-hybridized carbons (Fsp3) is 0.393. The minimum atomic E-state index is -0.0689. The van der Waals surface area contributed by atoms with Crippen molar-refractivity contribution in [3.63, 3.8) is 0 Å². The number of carbonyl (C=O) groups excluding carboxylic acids is 1. The van der Waals surface area contributed by atoms with E-state index in [0.29, 0.717) is 12.6 Å². The third kappa shape index (κ3) is 7.26. The van der Waals surface area contributed by atoms with Gasteiger partial charge in [-0.05, 0) is 61.4 Å². The van der Waals surface area contributed by atoms with Crippen LogP contribution in [0.2, 0.25) is 0 Å². The Kier molecular flexibility index (Phi) is 8.86. The normalized spacial score (nSPS) is 14.0. The minimum Gasteiger partial charge on any atom is -0.494 e. The van der Waals surface area contributed by atoms with Crippen LogP contribution in [-0.2, 0) is 9.53 Å². The molecule has 1 aromatic heterocycles. The third-order valence-corrected chi connectivity index (χ3v) is 6.06. The van der Waals surface area contributed by atoms with Gasteiger partial charge in [0, 0.05) is 48.7 Å².